The number of urea groups is 1. The van der Waals surface area contributed by atoms with Crippen LogP contribution < -0.4 is 16.0 Å². The van der Waals surface area contributed by atoms with E-state index in [-0.39, 0.29) is 11.7 Å². The van der Waals surface area contributed by atoms with Gasteiger partial charge in [0.25, 0.3) is 5.91 Å². The first kappa shape index (κ1) is 20.4. The Hall–Kier alpha value is -3.32. The smallest absolute Gasteiger partial charge is 0.319 e. The number of aryl methyl sites for hydroxylation is 1. The van der Waals surface area contributed by atoms with Crippen LogP contribution in [-0.4, -0.2) is 11.9 Å². The van der Waals surface area contributed by atoms with E-state index >= 15 is 0 Å². The Kier molecular flexibility index (Phi) is 6.19. The van der Waals surface area contributed by atoms with E-state index in [0.717, 1.165) is 11.6 Å². The summed E-state index contributed by atoms with van der Waals surface area (Å²) >= 11 is 5.97. The van der Waals surface area contributed by atoms with Gasteiger partial charge in [0, 0.05) is 10.7 Å². The lowest BCUT2D eigenvalue weighted by atomic mass is 10.1. The van der Waals surface area contributed by atoms with E-state index in [1.165, 1.54) is 24.5 Å². The normalized spacial score (nSPS) is 11.6. The molecule has 3 rings (SSSR count). The van der Waals surface area contributed by atoms with Crippen LogP contribution >= 0.6 is 11.6 Å². The highest BCUT2D eigenvalue weighted by atomic mass is 35.5. The maximum absolute atomic E-state index is 14.1. The first-order chi connectivity index (χ1) is 13.8. The molecule has 1 aromatic heterocycles. The van der Waals surface area contributed by atoms with Crippen LogP contribution in [0, 0.1) is 12.7 Å². The Labute approximate surface area is 172 Å². The third kappa shape index (κ3) is 5.14. The molecule has 1 atom stereocenters. The lowest BCUT2D eigenvalue weighted by Crippen LogP contribution is -2.31. The fourth-order valence-electron chi connectivity index (χ4n) is 2.73. The topological polar surface area (TPSA) is 83.4 Å². The summed E-state index contributed by atoms with van der Waals surface area (Å²) in [6.07, 6.45) is 1.38. The van der Waals surface area contributed by atoms with Gasteiger partial charge in [0.1, 0.15) is 11.6 Å². The Morgan fingerprint density at radius 3 is 2.59 bits per heavy atom. The number of furan rings is 1. The average Bonchev–Trinajstić information content (AvgIpc) is 3.10. The van der Waals surface area contributed by atoms with Gasteiger partial charge in [-0.15, -0.1) is 0 Å². The minimum absolute atomic E-state index is 0.0590. The fourth-order valence-corrected chi connectivity index (χ4v) is 2.93. The van der Waals surface area contributed by atoms with Crippen molar-refractivity contribution in [3.05, 3.63) is 82.5 Å². The number of amides is 3. The van der Waals surface area contributed by atoms with E-state index in [4.69, 9.17) is 16.0 Å². The van der Waals surface area contributed by atoms with Crippen LogP contribution in [-0.2, 0) is 0 Å². The van der Waals surface area contributed by atoms with Crippen molar-refractivity contribution in [3.63, 3.8) is 0 Å². The molecule has 3 amide bonds. The molecule has 0 aliphatic heterocycles. The molecule has 1 heterocycles. The Balaban J connectivity index is 1.67. The highest BCUT2D eigenvalue weighted by molar-refractivity contribution is 6.30. The van der Waals surface area contributed by atoms with Gasteiger partial charge in [0.2, 0.25) is 0 Å². The maximum atomic E-state index is 14.1. The van der Waals surface area contributed by atoms with Crippen molar-refractivity contribution in [2.45, 2.75) is 19.9 Å². The van der Waals surface area contributed by atoms with Crippen LogP contribution in [0.1, 0.15) is 34.6 Å². The molecule has 29 heavy (non-hydrogen) atoms. The number of carbonyl (C=O) groups excluding carboxylic acids is 2. The molecule has 1 unspecified atom stereocenters. The Morgan fingerprint density at radius 1 is 1.10 bits per heavy atom. The number of rotatable bonds is 5. The van der Waals surface area contributed by atoms with Crippen LogP contribution in [0.5, 0.6) is 0 Å². The number of halogens is 2. The summed E-state index contributed by atoms with van der Waals surface area (Å²) in [4.78, 5) is 24.5. The molecule has 8 heteroatoms. The van der Waals surface area contributed by atoms with Gasteiger partial charge in [-0.1, -0.05) is 23.7 Å². The van der Waals surface area contributed by atoms with Crippen LogP contribution in [0.15, 0.2) is 59.2 Å². The second kappa shape index (κ2) is 8.79. The average molecular weight is 416 g/mol. The molecule has 0 fully saturated rings. The molecular formula is C21H19ClFN3O3. The van der Waals surface area contributed by atoms with Gasteiger partial charge < -0.3 is 20.4 Å². The number of benzene rings is 2. The van der Waals surface area contributed by atoms with Crippen molar-refractivity contribution in [3.8, 4) is 0 Å². The van der Waals surface area contributed by atoms with Gasteiger partial charge in [-0.05, 0) is 55.8 Å². The van der Waals surface area contributed by atoms with Gasteiger partial charge in [-0.25, -0.2) is 9.18 Å². The standard InChI is InChI=1S/C21H19ClFN3O3/c1-12(14-4-3-5-15(22)10-14)24-21(28)25-16-6-7-18(23)19(11-16)26-20(27)17-8-9-29-13(17)2/h3-12H,1-2H3,(H,26,27)(H2,24,25,28). The molecule has 0 saturated carbocycles. The molecule has 0 aliphatic carbocycles. The fraction of sp³-hybridized carbons (Fsp3) is 0.143. The van der Waals surface area contributed by atoms with Gasteiger partial charge in [-0.3, -0.25) is 4.79 Å². The highest BCUT2D eigenvalue weighted by Gasteiger charge is 2.15. The van der Waals surface area contributed by atoms with E-state index in [1.807, 2.05) is 13.0 Å². The van der Waals surface area contributed by atoms with E-state index in [9.17, 15) is 14.0 Å². The summed E-state index contributed by atoms with van der Waals surface area (Å²) in [6, 6.07) is 11.8. The maximum Gasteiger partial charge on any atom is 0.319 e. The monoisotopic (exact) mass is 415 g/mol. The van der Waals surface area contributed by atoms with Gasteiger partial charge in [0.15, 0.2) is 0 Å². The molecule has 0 saturated heterocycles. The zero-order chi connectivity index (χ0) is 21.0. The summed E-state index contributed by atoms with van der Waals surface area (Å²) < 4.78 is 19.2. The predicted molar refractivity (Wildman–Crippen MR) is 110 cm³/mol. The number of hydrogen-bond acceptors (Lipinski definition) is 3. The van der Waals surface area contributed by atoms with E-state index in [2.05, 4.69) is 16.0 Å². The summed E-state index contributed by atoms with van der Waals surface area (Å²) in [7, 11) is 0. The predicted octanol–water partition coefficient (Wildman–Crippen LogP) is 5.52. The molecule has 3 aromatic rings. The lowest BCUT2D eigenvalue weighted by Gasteiger charge is -2.16. The largest absolute Gasteiger partial charge is 0.469 e. The first-order valence-electron chi connectivity index (χ1n) is 8.81. The van der Waals surface area contributed by atoms with Crippen LogP contribution in [0.3, 0.4) is 0 Å². The molecule has 0 aliphatic rings. The Morgan fingerprint density at radius 2 is 1.90 bits per heavy atom. The van der Waals surface area contributed by atoms with Crippen LogP contribution in [0.2, 0.25) is 5.02 Å². The molecular weight excluding hydrogens is 397 g/mol. The number of anilines is 2. The summed E-state index contributed by atoms with van der Waals surface area (Å²) in [5.41, 5.74) is 1.41. The van der Waals surface area contributed by atoms with Crippen molar-refractivity contribution < 1.29 is 18.4 Å². The third-order valence-electron chi connectivity index (χ3n) is 4.27. The highest BCUT2D eigenvalue weighted by Crippen LogP contribution is 2.22. The Bertz CT molecular complexity index is 1050. The third-order valence-corrected chi connectivity index (χ3v) is 4.51. The quantitative estimate of drug-likeness (QED) is 0.513. The molecule has 0 radical (unpaired) electrons. The molecule has 6 nitrogen and oxygen atoms in total. The SMILES string of the molecule is Cc1occc1C(=O)Nc1cc(NC(=O)NC(C)c2cccc(Cl)c2)ccc1F. The van der Waals surface area contributed by atoms with Crippen molar-refractivity contribution in [2.24, 2.45) is 0 Å². The zero-order valence-corrected chi connectivity index (χ0v) is 16.5. The minimum atomic E-state index is -0.627. The molecule has 150 valence electrons. The zero-order valence-electron chi connectivity index (χ0n) is 15.8. The van der Waals surface area contributed by atoms with E-state index in [0.29, 0.717) is 22.0 Å². The molecule has 0 bridgehead atoms. The van der Waals surface area contributed by atoms with Crippen molar-refractivity contribution >= 4 is 34.9 Å². The van der Waals surface area contributed by atoms with Gasteiger partial charge >= 0.3 is 6.03 Å². The lowest BCUT2D eigenvalue weighted by molar-refractivity contribution is 0.102. The summed E-state index contributed by atoms with van der Waals surface area (Å²) in [6.45, 7) is 3.45. The van der Waals surface area contributed by atoms with Crippen LogP contribution in [0.4, 0.5) is 20.6 Å². The second-order valence-electron chi connectivity index (χ2n) is 6.41. The van der Waals surface area contributed by atoms with Crippen molar-refractivity contribution in [1.82, 2.24) is 5.32 Å². The van der Waals surface area contributed by atoms with Crippen LogP contribution in [0.25, 0.3) is 0 Å². The van der Waals surface area contributed by atoms with E-state index < -0.39 is 17.8 Å². The number of hydrogen-bond donors (Lipinski definition) is 3. The number of nitrogens with one attached hydrogen (secondary N) is 3. The van der Waals surface area contributed by atoms with Crippen molar-refractivity contribution in [2.75, 3.05) is 10.6 Å². The van der Waals surface area contributed by atoms with Crippen molar-refractivity contribution in [1.29, 1.82) is 0 Å². The summed E-state index contributed by atoms with van der Waals surface area (Å²) in [5.74, 6) is -0.712. The molecule has 3 N–H and O–H groups in total. The second-order valence-corrected chi connectivity index (χ2v) is 6.85. The van der Waals surface area contributed by atoms with E-state index in [1.54, 1.807) is 25.1 Å². The minimum Gasteiger partial charge on any atom is -0.469 e. The first-order valence-corrected chi connectivity index (χ1v) is 9.19. The summed E-state index contributed by atoms with van der Waals surface area (Å²) in [5, 5.41) is 8.45. The molecule has 2 aromatic carbocycles. The molecule has 0 spiro atoms. The number of carbonyl (C=O) groups is 2. The van der Waals surface area contributed by atoms with Gasteiger partial charge in [-0.2, -0.15) is 0 Å². The van der Waals surface area contributed by atoms with Gasteiger partial charge in [0.05, 0.1) is 23.6 Å².